The molecule has 0 saturated heterocycles. The predicted octanol–water partition coefficient (Wildman–Crippen LogP) is 5.86. The molecule has 4 saturated carbocycles. The largest absolute Gasteiger partial charge is 0.446 e. The van der Waals surface area contributed by atoms with Gasteiger partial charge in [-0.15, -0.1) is 0 Å². The first-order valence-electron chi connectivity index (χ1n) is 18.8. The molecule has 0 aliphatic heterocycles. The Labute approximate surface area is 310 Å². The molecule has 284 valence electrons. The number of carbonyl (C=O) groups is 5. The van der Waals surface area contributed by atoms with Gasteiger partial charge < -0.3 is 35.1 Å². The molecule has 4 bridgehead atoms. The Morgan fingerprint density at radius 1 is 0.830 bits per heavy atom. The Bertz CT molecular complexity index is 1770. The molecule has 3 aromatic rings. The zero-order valence-electron chi connectivity index (χ0n) is 31.1. The van der Waals surface area contributed by atoms with Crippen LogP contribution >= 0.6 is 0 Å². The van der Waals surface area contributed by atoms with Crippen LogP contribution < -0.4 is 16.0 Å². The van der Waals surface area contributed by atoms with Gasteiger partial charge in [-0.3, -0.25) is 19.2 Å². The van der Waals surface area contributed by atoms with E-state index < -0.39 is 53.6 Å². The van der Waals surface area contributed by atoms with E-state index in [1.54, 1.807) is 27.7 Å². The number of ether oxygens (including phenoxy) is 3. The van der Waals surface area contributed by atoms with Crippen molar-refractivity contribution in [3.8, 4) is 0 Å². The molecule has 2 aromatic carbocycles. The maximum Gasteiger partial charge on any atom is 0.408 e. The lowest BCUT2D eigenvalue weighted by molar-refractivity contribution is -0.173. The summed E-state index contributed by atoms with van der Waals surface area (Å²) in [5.41, 5.74) is 0.379. The minimum atomic E-state index is -1.40. The molecular weight excluding hydrogens is 676 g/mol. The lowest BCUT2D eigenvalue weighted by Gasteiger charge is -2.53. The van der Waals surface area contributed by atoms with Crippen molar-refractivity contribution in [1.82, 2.24) is 20.9 Å². The molecule has 0 radical (unpaired) electrons. The van der Waals surface area contributed by atoms with Crippen molar-refractivity contribution in [3.63, 3.8) is 0 Å². The minimum absolute atomic E-state index is 0.0114. The van der Waals surface area contributed by atoms with Crippen LogP contribution in [-0.2, 0) is 39.8 Å². The van der Waals surface area contributed by atoms with Gasteiger partial charge in [-0.2, -0.15) is 0 Å². The standard InChI is InChI=1S/C41H52N4O8/c1-40(2,3)38(49)52-24-51-35(47)15-14-34(46)44-33(27-10-6-5-7-11-27)23-43-37(48)41(4,21-30-22-42-32-13-9-8-12-31(30)32)45-39(50)53-36-28-17-25-16-26(19-28)20-29(36)18-25/h5-13,22,25-26,28-29,33,36,42H,14-21,23-24H2,1-4H3,(H,43,48)(H,44,46)(H,45,50). The van der Waals surface area contributed by atoms with Gasteiger partial charge in [-0.1, -0.05) is 48.5 Å². The Kier molecular flexibility index (Phi) is 11.4. The van der Waals surface area contributed by atoms with Crippen molar-refractivity contribution in [2.24, 2.45) is 29.1 Å². The van der Waals surface area contributed by atoms with Crippen molar-refractivity contribution in [2.45, 2.75) is 96.7 Å². The van der Waals surface area contributed by atoms with Gasteiger partial charge in [0.15, 0.2) is 0 Å². The monoisotopic (exact) mass is 728 g/mol. The summed E-state index contributed by atoms with van der Waals surface area (Å²) in [6.07, 6.45) is 6.56. The van der Waals surface area contributed by atoms with Crippen molar-refractivity contribution < 1.29 is 38.2 Å². The Hall–Kier alpha value is -4.87. The van der Waals surface area contributed by atoms with Crippen LogP contribution in [0.3, 0.4) is 0 Å². The first-order chi connectivity index (χ1) is 25.3. The molecule has 7 rings (SSSR count). The summed E-state index contributed by atoms with van der Waals surface area (Å²) in [6, 6.07) is 16.3. The van der Waals surface area contributed by atoms with Crippen molar-refractivity contribution in [3.05, 3.63) is 71.9 Å². The van der Waals surface area contributed by atoms with Crippen LogP contribution in [0.25, 0.3) is 10.9 Å². The quantitative estimate of drug-likeness (QED) is 0.118. The zero-order valence-corrected chi connectivity index (χ0v) is 31.1. The number of para-hydroxylation sites is 1. The van der Waals surface area contributed by atoms with Crippen molar-refractivity contribution in [1.29, 1.82) is 0 Å². The number of H-pyrrole nitrogens is 1. The van der Waals surface area contributed by atoms with Gasteiger partial charge in [0.05, 0.1) is 17.9 Å². The smallest absolute Gasteiger partial charge is 0.408 e. The van der Waals surface area contributed by atoms with Crippen molar-refractivity contribution in [2.75, 3.05) is 13.3 Å². The number of nitrogens with one attached hydrogen (secondary N) is 4. The average molecular weight is 729 g/mol. The second-order valence-electron chi connectivity index (χ2n) is 16.4. The number of carbonyl (C=O) groups excluding carboxylic acids is 5. The topological polar surface area (TPSA) is 165 Å². The summed E-state index contributed by atoms with van der Waals surface area (Å²) >= 11 is 0. The van der Waals surface area contributed by atoms with E-state index in [-0.39, 0.29) is 31.9 Å². The Morgan fingerprint density at radius 2 is 1.49 bits per heavy atom. The molecule has 2 unspecified atom stereocenters. The Balaban J connectivity index is 1.11. The van der Waals surface area contributed by atoms with Gasteiger partial charge in [-0.05, 0) is 101 Å². The maximum absolute atomic E-state index is 14.2. The van der Waals surface area contributed by atoms with Gasteiger partial charge in [0, 0.05) is 36.5 Å². The first kappa shape index (κ1) is 37.9. The molecule has 1 aromatic heterocycles. The fourth-order valence-corrected chi connectivity index (χ4v) is 8.53. The number of alkyl carbamates (subject to hydrolysis) is 1. The van der Waals surface area contributed by atoms with E-state index in [4.69, 9.17) is 14.2 Å². The number of hydrogen-bond acceptors (Lipinski definition) is 8. The third-order valence-electron chi connectivity index (χ3n) is 11.1. The van der Waals surface area contributed by atoms with Gasteiger partial charge in [0.2, 0.25) is 18.6 Å². The number of amides is 3. The van der Waals surface area contributed by atoms with E-state index in [1.165, 1.54) is 6.42 Å². The van der Waals surface area contributed by atoms with Crippen LogP contribution in [0.15, 0.2) is 60.8 Å². The number of esters is 2. The van der Waals surface area contributed by atoms with Crippen LogP contribution in [0, 0.1) is 29.1 Å². The molecule has 4 N–H and O–H groups in total. The lowest BCUT2D eigenvalue weighted by atomic mass is 9.55. The normalized spacial score (nSPS) is 23.4. The number of aromatic nitrogens is 1. The van der Waals surface area contributed by atoms with Crippen LogP contribution in [0.5, 0.6) is 0 Å². The van der Waals surface area contributed by atoms with Gasteiger partial charge in [0.1, 0.15) is 11.6 Å². The highest BCUT2D eigenvalue weighted by molar-refractivity contribution is 5.91. The third-order valence-corrected chi connectivity index (χ3v) is 11.1. The predicted molar refractivity (Wildman–Crippen MR) is 197 cm³/mol. The third kappa shape index (κ3) is 9.39. The minimum Gasteiger partial charge on any atom is -0.446 e. The molecule has 4 fully saturated rings. The molecule has 12 nitrogen and oxygen atoms in total. The number of aromatic amines is 1. The second kappa shape index (κ2) is 16.0. The molecule has 4 aliphatic rings. The van der Waals surface area contributed by atoms with Crippen molar-refractivity contribution >= 4 is 40.7 Å². The molecule has 12 heteroatoms. The van der Waals surface area contributed by atoms with E-state index in [2.05, 4.69) is 20.9 Å². The number of hydrogen-bond donors (Lipinski definition) is 4. The molecule has 0 spiro atoms. The summed E-state index contributed by atoms with van der Waals surface area (Å²) in [6.45, 7) is 6.24. The SMILES string of the molecule is CC(C)(C)C(=O)OCOC(=O)CCC(=O)NC(CNC(=O)C(C)(Cc1c[nH]c2ccccc12)NC(=O)OC1C2CC3CC(C2)CC1C3)c1ccccc1. The molecule has 1 heterocycles. The maximum atomic E-state index is 14.2. The van der Waals surface area contributed by atoms with Crippen LogP contribution in [0.4, 0.5) is 4.79 Å². The highest BCUT2D eigenvalue weighted by Crippen LogP contribution is 2.54. The van der Waals surface area contributed by atoms with Gasteiger partial charge in [0.25, 0.3) is 0 Å². The van der Waals surface area contributed by atoms with Crippen LogP contribution in [0.2, 0.25) is 0 Å². The summed E-state index contributed by atoms with van der Waals surface area (Å²) in [7, 11) is 0. The molecule has 53 heavy (non-hydrogen) atoms. The Morgan fingerprint density at radius 3 is 2.17 bits per heavy atom. The second-order valence-corrected chi connectivity index (χ2v) is 16.4. The first-order valence-corrected chi connectivity index (χ1v) is 18.8. The fraction of sp³-hybridized carbons (Fsp3) is 0.537. The fourth-order valence-electron chi connectivity index (χ4n) is 8.53. The summed E-state index contributed by atoms with van der Waals surface area (Å²) < 4.78 is 16.1. The zero-order chi connectivity index (χ0) is 37.8. The highest BCUT2D eigenvalue weighted by Gasteiger charge is 2.50. The highest BCUT2D eigenvalue weighted by atomic mass is 16.7. The molecular formula is C41H52N4O8. The van der Waals surface area contributed by atoms with E-state index >= 15 is 0 Å². The van der Waals surface area contributed by atoms with Crippen LogP contribution in [-0.4, -0.2) is 59.8 Å². The summed E-state index contributed by atoms with van der Waals surface area (Å²) in [5.74, 6) is 0.131. The van der Waals surface area contributed by atoms with E-state index in [0.29, 0.717) is 11.8 Å². The number of rotatable bonds is 14. The lowest BCUT2D eigenvalue weighted by Crippen LogP contribution is -2.60. The summed E-state index contributed by atoms with van der Waals surface area (Å²) in [4.78, 5) is 68.4. The number of fused-ring (bicyclic) bond motifs is 1. The van der Waals surface area contributed by atoms with Gasteiger partial charge in [-0.25, -0.2) is 4.79 Å². The van der Waals surface area contributed by atoms with E-state index in [1.807, 2.05) is 60.8 Å². The van der Waals surface area contributed by atoms with E-state index in [0.717, 1.165) is 59.5 Å². The van der Waals surface area contributed by atoms with Crippen LogP contribution in [0.1, 0.15) is 89.8 Å². The van der Waals surface area contributed by atoms with Gasteiger partial charge >= 0.3 is 18.0 Å². The molecule has 2 atom stereocenters. The summed E-state index contributed by atoms with van der Waals surface area (Å²) in [5, 5.41) is 9.82. The average Bonchev–Trinajstić information content (AvgIpc) is 3.52. The molecule has 4 aliphatic carbocycles. The molecule has 3 amide bonds. The number of benzene rings is 2. The van der Waals surface area contributed by atoms with E-state index in [9.17, 15) is 24.0 Å².